The van der Waals surface area contributed by atoms with Gasteiger partial charge in [0.15, 0.2) is 0 Å². The molecule has 404 valence electrons. The lowest BCUT2D eigenvalue weighted by Crippen LogP contribution is -2.17. The van der Waals surface area contributed by atoms with Gasteiger partial charge in [-0.25, -0.2) is 0 Å². The number of hydrogen-bond donors (Lipinski definition) is 0. The summed E-state index contributed by atoms with van der Waals surface area (Å²) in [6.07, 6.45) is 23.6. The predicted octanol–water partition coefficient (Wildman–Crippen LogP) is 14.9. The molecule has 3 fully saturated rings. The number of carbonyl (C=O) groups excluding carboxylic acids is 10. The molecule has 0 radical (unpaired) electrons. The van der Waals surface area contributed by atoms with Gasteiger partial charge in [0, 0.05) is 57.8 Å². The van der Waals surface area contributed by atoms with Crippen LogP contribution in [-0.4, -0.2) is 57.8 Å². The molecule has 0 amide bonds. The lowest BCUT2D eigenvalue weighted by Gasteiger charge is -2.19. The number of hydrogen-bond acceptors (Lipinski definition) is 10. The summed E-state index contributed by atoms with van der Waals surface area (Å²) in [4.78, 5) is 105. The van der Waals surface area contributed by atoms with Crippen LogP contribution in [0.25, 0.3) is 0 Å². The van der Waals surface area contributed by atoms with Crippen LogP contribution in [0.15, 0.2) is 0 Å². The average molecular weight is 978 g/mol. The first-order valence-electron chi connectivity index (χ1n) is 26.9. The number of carbonyl (C=O) groups is 10. The van der Waals surface area contributed by atoms with E-state index in [1.54, 1.807) is 48.5 Å². The van der Waals surface area contributed by atoms with E-state index in [2.05, 4.69) is 34.6 Å². The van der Waals surface area contributed by atoms with E-state index >= 15 is 0 Å². The standard InChI is InChI=1S/C9H16O.C8H14O2.C8H14O.C7H12O2.C7H12O.2C7H14O.C6H12O/c1-8(10)7-9-5-3-2-4-6-9;1-6(4-7(2)9)5-8(3)10;1-7(9)6-8-4-2-3-5-8;1-4-7(5(2)8)6(3)9;1-6-2-4-7(8)5-3-6;1-6(2)4-5-7(3)8;1-4-6(2)5-7(3)8;1-5(2)4-6(3)7/h9H,2-7H2,1H3;6H,4-5H2,1-3H3;8H,2-6H2,1H3;7H,4H2,1-3H3;6H,2-5H2,1H3;2*6H,4-5H2,1-3H3;5H,4H2,1-3H3. The highest BCUT2D eigenvalue weighted by Crippen LogP contribution is 2.28. The molecule has 0 N–H and O–H groups in total. The van der Waals surface area contributed by atoms with Crippen molar-refractivity contribution in [3.05, 3.63) is 0 Å². The van der Waals surface area contributed by atoms with Gasteiger partial charge in [-0.3, -0.25) is 14.4 Å². The Kier molecular flexibility index (Phi) is 52.3. The fraction of sp³-hybridized carbons (Fsp3) is 0.831. The van der Waals surface area contributed by atoms with Gasteiger partial charge < -0.3 is 33.6 Å². The summed E-state index contributed by atoms with van der Waals surface area (Å²) >= 11 is 0. The van der Waals surface area contributed by atoms with Crippen LogP contribution >= 0.6 is 0 Å². The molecule has 1 atom stereocenters. The summed E-state index contributed by atoms with van der Waals surface area (Å²) in [6, 6.07) is 0. The molecule has 0 heterocycles. The largest absolute Gasteiger partial charge is 0.300 e. The molecule has 0 aromatic rings. The minimum Gasteiger partial charge on any atom is -0.300 e. The number of rotatable bonds is 19. The maximum absolute atomic E-state index is 10.7. The molecular formula is C59H108O10. The van der Waals surface area contributed by atoms with Gasteiger partial charge >= 0.3 is 0 Å². The zero-order valence-electron chi connectivity index (χ0n) is 48.0. The molecular weight excluding hydrogens is 869 g/mol. The second-order valence-electron chi connectivity index (χ2n) is 21.6. The topological polar surface area (TPSA) is 171 Å². The molecule has 69 heavy (non-hydrogen) atoms. The van der Waals surface area contributed by atoms with Crippen molar-refractivity contribution < 1.29 is 47.9 Å². The number of ketones is 10. The van der Waals surface area contributed by atoms with Gasteiger partial charge in [0.05, 0.1) is 5.92 Å². The second kappa shape index (κ2) is 48.3. The Labute approximate surface area is 424 Å². The zero-order valence-corrected chi connectivity index (χ0v) is 48.0. The van der Waals surface area contributed by atoms with Crippen molar-refractivity contribution in [1.82, 2.24) is 0 Å². The van der Waals surface area contributed by atoms with Crippen molar-refractivity contribution in [2.75, 3.05) is 0 Å². The van der Waals surface area contributed by atoms with E-state index in [1.165, 1.54) is 71.6 Å². The summed E-state index contributed by atoms with van der Waals surface area (Å²) in [7, 11) is 0. The van der Waals surface area contributed by atoms with E-state index in [0.717, 1.165) is 88.4 Å². The van der Waals surface area contributed by atoms with E-state index in [4.69, 9.17) is 0 Å². The van der Waals surface area contributed by atoms with E-state index in [0.29, 0.717) is 65.9 Å². The van der Waals surface area contributed by atoms with Crippen molar-refractivity contribution in [3.63, 3.8) is 0 Å². The third-order valence-electron chi connectivity index (χ3n) is 11.9. The Morgan fingerprint density at radius 3 is 0.971 bits per heavy atom. The molecule has 3 rings (SSSR count). The van der Waals surface area contributed by atoms with E-state index in [9.17, 15) is 47.9 Å². The maximum Gasteiger partial charge on any atom is 0.140 e. The molecule has 10 nitrogen and oxygen atoms in total. The maximum atomic E-state index is 10.7. The summed E-state index contributed by atoms with van der Waals surface area (Å²) < 4.78 is 0. The molecule has 0 spiro atoms. The minimum atomic E-state index is -0.356. The van der Waals surface area contributed by atoms with Crippen LogP contribution in [0.4, 0.5) is 0 Å². The normalized spacial score (nSPS) is 14.9. The van der Waals surface area contributed by atoms with Gasteiger partial charge in [-0.05, 0) is 129 Å². The molecule has 0 aromatic heterocycles. The monoisotopic (exact) mass is 977 g/mol. The smallest absolute Gasteiger partial charge is 0.140 e. The summed E-state index contributed by atoms with van der Waals surface area (Å²) in [6.45, 7) is 32.8. The first-order valence-corrected chi connectivity index (χ1v) is 26.9. The van der Waals surface area contributed by atoms with E-state index in [1.807, 2.05) is 27.7 Å². The van der Waals surface area contributed by atoms with Crippen LogP contribution in [0, 0.1) is 47.3 Å². The van der Waals surface area contributed by atoms with Gasteiger partial charge in [0.25, 0.3) is 0 Å². The molecule has 0 saturated heterocycles. The molecule has 3 aliphatic rings. The third kappa shape index (κ3) is 64.7. The fourth-order valence-corrected chi connectivity index (χ4v) is 8.12. The van der Waals surface area contributed by atoms with Gasteiger partial charge in [-0.2, -0.15) is 0 Å². The highest BCUT2D eigenvalue weighted by molar-refractivity contribution is 6.00. The number of Topliss-reactive ketones (excluding diaryl/α,β-unsaturated/α-hetero) is 10. The Balaban J connectivity index is -0.000000227. The Morgan fingerprint density at radius 1 is 0.435 bits per heavy atom. The highest BCUT2D eigenvalue weighted by atomic mass is 16.2. The van der Waals surface area contributed by atoms with Crippen LogP contribution in [0.5, 0.6) is 0 Å². The Hall–Kier alpha value is -3.30. The quantitative estimate of drug-likeness (QED) is 0.113. The van der Waals surface area contributed by atoms with E-state index < -0.39 is 0 Å². The molecule has 0 bridgehead atoms. The SMILES string of the molecule is CC(=O)CC(C)C.CC(=O)CC(C)CC(C)=O.CC(=O)CC1CCCC1.CC(=O)CC1CCCCC1.CC(=O)CCC(C)C.CC1CCC(=O)CC1.CCC(C(C)=O)C(C)=O.CCC(C)CC(C)=O. The Bertz CT molecular complexity index is 1390. The summed E-state index contributed by atoms with van der Waals surface area (Å²) in [5.74, 6) is 6.26. The van der Waals surface area contributed by atoms with Gasteiger partial charge in [-0.1, -0.05) is 127 Å². The fourth-order valence-electron chi connectivity index (χ4n) is 8.12. The Morgan fingerprint density at radius 2 is 0.783 bits per heavy atom. The highest BCUT2D eigenvalue weighted by Gasteiger charge is 2.17. The second-order valence-corrected chi connectivity index (χ2v) is 21.6. The lowest BCUT2D eigenvalue weighted by molar-refractivity contribution is -0.131. The van der Waals surface area contributed by atoms with Crippen LogP contribution in [-0.2, 0) is 47.9 Å². The minimum absolute atomic E-state index is 0.0231. The molecule has 10 heteroatoms. The molecule has 1 unspecified atom stereocenters. The van der Waals surface area contributed by atoms with Gasteiger partial charge in [0.1, 0.15) is 57.8 Å². The van der Waals surface area contributed by atoms with Gasteiger partial charge in [0.2, 0.25) is 0 Å². The van der Waals surface area contributed by atoms with Crippen molar-refractivity contribution in [2.24, 2.45) is 47.3 Å². The zero-order chi connectivity index (χ0) is 54.7. The van der Waals surface area contributed by atoms with Crippen molar-refractivity contribution in [2.45, 2.75) is 272 Å². The van der Waals surface area contributed by atoms with Crippen LogP contribution in [0.2, 0.25) is 0 Å². The van der Waals surface area contributed by atoms with Crippen molar-refractivity contribution >= 4 is 57.8 Å². The third-order valence-corrected chi connectivity index (χ3v) is 11.9. The molecule has 0 aromatic carbocycles. The van der Waals surface area contributed by atoms with E-state index in [-0.39, 0.29) is 40.8 Å². The molecule has 3 saturated carbocycles. The molecule has 3 aliphatic carbocycles. The first-order chi connectivity index (χ1) is 31.9. The van der Waals surface area contributed by atoms with Gasteiger partial charge in [-0.15, -0.1) is 0 Å². The van der Waals surface area contributed by atoms with Crippen molar-refractivity contribution in [3.8, 4) is 0 Å². The lowest BCUT2D eigenvalue weighted by atomic mass is 9.86. The predicted molar refractivity (Wildman–Crippen MR) is 286 cm³/mol. The average Bonchev–Trinajstić information content (AvgIpc) is 3.71. The first kappa shape index (κ1) is 74.6. The van der Waals surface area contributed by atoms with Crippen LogP contribution < -0.4 is 0 Å². The van der Waals surface area contributed by atoms with Crippen LogP contribution in [0.3, 0.4) is 0 Å². The van der Waals surface area contributed by atoms with Crippen LogP contribution in [0.1, 0.15) is 272 Å². The summed E-state index contributed by atoms with van der Waals surface area (Å²) in [5.41, 5.74) is 0. The van der Waals surface area contributed by atoms with Crippen molar-refractivity contribution in [1.29, 1.82) is 0 Å². The molecule has 0 aliphatic heterocycles. The summed E-state index contributed by atoms with van der Waals surface area (Å²) in [5, 5.41) is 0.